The van der Waals surface area contributed by atoms with Gasteiger partial charge in [0.1, 0.15) is 5.75 Å². The fourth-order valence-corrected chi connectivity index (χ4v) is 3.28. The summed E-state index contributed by atoms with van der Waals surface area (Å²) in [5, 5.41) is 10.1. The number of para-hydroxylation sites is 1. The molecule has 0 spiro atoms. The third-order valence-electron chi connectivity index (χ3n) is 3.49. The molecule has 0 aliphatic carbocycles. The summed E-state index contributed by atoms with van der Waals surface area (Å²) in [6, 6.07) is 15.6. The third kappa shape index (κ3) is 3.51. The van der Waals surface area contributed by atoms with Gasteiger partial charge in [-0.05, 0) is 30.3 Å². The molecule has 0 fully saturated rings. The summed E-state index contributed by atoms with van der Waals surface area (Å²) >= 11 is 7.56. The molecule has 0 N–H and O–H groups in total. The van der Waals surface area contributed by atoms with Gasteiger partial charge in [-0.2, -0.15) is 0 Å². The van der Waals surface area contributed by atoms with Gasteiger partial charge >= 0.3 is 0 Å². The van der Waals surface area contributed by atoms with Crippen molar-refractivity contribution >= 4 is 23.4 Å². The smallest absolute Gasteiger partial charge is 0.191 e. The fourth-order valence-electron chi connectivity index (χ4n) is 2.26. The van der Waals surface area contributed by atoms with Gasteiger partial charge in [0.05, 0.1) is 7.11 Å². The zero-order valence-electron chi connectivity index (χ0n) is 12.9. The highest BCUT2D eigenvalue weighted by atomic mass is 35.5. The molecule has 1 heterocycles. The van der Waals surface area contributed by atoms with Crippen molar-refractivity contribution in [2.24, 2.45) is 7.05 Å². The monoisotopic (exact) mass is 345 g/mol. The van der Waals surface area contributed by atoms with Gasteiger partial charge in [-0.1, -0.05) is 41.6 Å². The normalized spacial score (nSPS) is 10.7. The molecule has 118 valence electrons. The lowest BCUT2D eigenvalue weighted by molar-refractivity contribution is 0.411. The number of hydrogen-bond acceptors (Lipinski definition) is 4. The highest BCUT2D eigenvalue weighted by molar-refractivity contribution is 7.98. The van der Waals surface area contributed by atoms with E-state index in [4.69, 9.17) is 16.3 Å². The van der Waals surface area contributed by atoms with Crippen molar-refractivity contribution in [3.8, 4) is 17.1 Å². The lowest BCUT2D eigenvalue weighted by Crippen LogP contribution is -1.95. The quantitative estimate of drug-likeness (QED) is 0.641. The van der Waals surface area contributed by atoms with Crippen LogP contribution < -0.4 is 4.74 Å². The van der Waals surface area contributed by atoms with Crippen molar-refractivity contribution in [3.05, 3.63) is 59.1 Å². The Balaban J connectivity index is 1.78. The first-order chi connectivity index (χ1) is 11.2. The molecule has 1 aromatic heterocycles. The maximum atomic E-state index is 5.93. The lowest BCUT2D eigenvalue weighted by Gasteiger charge is -2.08. The SMILES string of the molecule is COc1ccccc1CSc1nnc(-c2ccc(Cl)cc2)n1C. The van der Waals surface area contributed by atoms with Crippen LogP contribution in [0.4, 0.5) is 0 Å². The number of methoxy groups -OCH3 is 1. The Bertz CT molecular complexity index is 802. The molecular formula is C17H16ClN3OS. The molecule has 0 saturated heterocycles. The number of hydrogen-bond donors (Lipinski definition) is 0. The number of thioether (sulfide) groups is 1. The molecule has 3 rings (SSSR count). The Morgan fingerprint density at radius 1 is 1.09 bits per heavy atom. The van der Waals surface area contributed by atoms with Crippen LogP contribution in [0.2, 0.25) is 5.02 Å². The molecule has 0 aliphatic heterocycles. The minimum atomic E-state index is 0.710. The maximum Gasteiger partial charge on any atom is 0.191 e. The molecule has 0 atom stereocenters. The lowest BCUT2D eigenvalue weighted by atomic mass is 10.2. The van der Waals surface area contributed by atoms with E-state index in [9.17, 15) is 0 Å². The van der Waals surface area contributed by atoms with Crippen molar-refractivity contribution < 1.29 is 4.74 Å². The largest absolute Gasteiger partial charge is 0.496 e. The molecule has 6 heteroatoms. The summed E-state index contributed by atoms with van der Waals surface area (Å²) in [5.74, 6) is 2.49. The van der Waals surface area contributed by atoms with Gasteiger partial charge in [-0.3, -0.25) is 0 Å². The van der Waals surface area contributed by atoms with Crippen molar-refractivity contribution in [2.75, 3.05) is 7.11 Å². The van der Waals surface area contributed by atoms with E-state index in [0.717, 1.165) is 33.6 Å². The third-order valence-corrected chi connectivity index (χ3v) is 4.81. The van der Waals surface area contributed by atoms with Gasteiger partial charge in [0.25, 0.3) is 0 Å². The molecule has 0 unspecified atom stereocenters. The first-order valence-electron chi connectivity index (χ1n) is 7.09. The van der Waals surface area contributed by atoms with Gasteiger partial charge in [-0.15, -0.1) is 10.2 Å². The van der Waals surface area contributed by atoms with E-state index in [1.54, 1.807) is 18.9 Å². The molecule has 4 nitrogen and oxygen atoms in total. The van der Waals surface area contributed by atoms with E-state index >= 15 is 0 Å². The Kier molecular flexibility index (Phi) is 4.88. The van der Waals surface area contributed by atoms with E-state index in [0.29, 0.717) is 5.02 Å². The second-order valence-corrected chi connectivity index (χ2v) is 6.35. The molecule has 0 amide bonds. The van der Waals surface area contributed by atoms with Crippen LogP contribution in [0.15, 0.2) is 53.7 Å². The molecule has 0 aliphatic rings. The van der Waals surface area contributed by atoms with Crippen LogP contribution in [-0.4, -0.2) is 21.9 Å². The minimum absolute atomic E-state index is 0.710. The van der Waals surface area contributed by atoms with Gasteiger partial charge in [0, 0.05) is 29.0 Å². The molecule has 2 aromatic carbocycles. The van der Waals surface area contributed by atoms with Crippen LogP contribution in [0.3, 0.4) is 0 Å². The summed E-state index contributed by atoms with van der Waals surface area (Å²) < 4.78 is 7.37. The molecule has 23 heavy (non-hydrogen) atoms. The highest BCUT2D eigenvalue weighted by Gasteiger charge is 2.12. The van der Waals surface area contributed by atoms with Crippen LogP contribution in [0, 0.1) is 0 Å². The van der Waals surface area contributed by atoms with Crippen molar-refractivity contribution in [2.45, 2.75) is 10.9 Å². The second kappa shape index (κ2) is 7.06. The number of halogens is 1. The minimum Gasteiger partial charge on any atom is -0.496 e. The zero-order valence-corrected chi connectivity index (χ0v) is 14.4. The standard InChI is InChI=1S/C17H16ClN3OS/c1-21-16(12-7-9-14(18)10-8-12)19-20-17(21)23-11-13-5-3-4-6-15(13)22-2/h3-10H,11H2,1-2H3. The Morgan fingerprint density at radius 3 is 2.57 bits per heavy atom. The van der Waals surface area contributed by atoms with Crippen LogP contribution >= 0.6 is 23.4 Å². The molecular weight excluding hydrogens is 330 g/mol. The van der Waals surface area contributed by atoms with E-state index in [2.05, 4.69) is 16.3 Å². The van der Waals surface area contributed by atoms with Crippen LogP contribution in [0.1, 0.15) is 5.56 Å². The summed E-state index contributed by atoms with van der Waals surface area (Å²) in [4.78, 5) is 0. The number of ether oxygens (including phenoxy) is 1. The van der Waals surface area contributed by atoms with Crippen LogP contribution in [-0.2, 0) is 12.8 Å². The Hall–Kier alpha value is -1.98. The van der Waals surface area contributed by atoms with E-state index in [1.165, 1.54) is 0 Å². The highest BCUT2D eigenvalue weighted by Crippen LogP contribution is 2.29. The first-order valence-corrected chi connectivity index (χ1v) is 8.45. The van der Waals surface area contributed by atoms with E-state index in [-0.39, 0.29) is 0 Å². The number of nitrogens with zero attached hydrogens (tertiary/aromatic N) is 3. The second-order valence-electron chi connectivity index (χ2n) is 4.97. The first kappa shape index (κ1) is 15.9. The zero-order chi connectivity index (χ0) is 16.2. The van der Waals surface area contributed by atoms with Gasteiger partial charge in [0.2, 0.25) is 0 Å². The van der Waals surface area contributed by atoms with Gasteiger partial charge < -0.3 is 9.30 Å². The maximum absolute atomic E-state index is 5.93. The molecule has 3 aromatic rings. The molecule has 0 bridgehead atoms. The predicted molar refractivity (Wildman–Crippen MR) is 94.0 cm³/mol. The Labute approximate surface area is 144 Å². The average molecular weight is 346 g/mol. The van der Waals surface area contributed by atoms with Gasteiger partial charge in [0.15, 0.2) is 11.0 Å². The van der Waals surface area contributed by atoms with E-state index in [1.807, 2.05) is 54.1 Å². The van der Waals surface area contributed by atoms with Crippen molar-refractivity contribution in [1.29, 1.82) is 0 Å². The van der Waals surface area contributed by atoms with Crippen LogP contribution in [0.25, 0.3) is 11.4 Å². The summed E-state index contributed by atoms with van der Waals surface area (Å²) in [5.41, 5.74) is 2.13. The van der Waals surface area contributed by atoms with Gasteiger partial charge in [-0.25, -0.2) is 0 Å². The summed E-state index contributed by atoms with van der Waals surface area (Å²) in [7, 11) is 3.65. The number of rotatable bonds is 5. The van der Waals surface area contributed by atoms with Crippen molar-refractivity contribution in [1.82, 2.24) is 14.8 Å². The van der Waals surface area contributed by atoms with E-state index < -0.39 is 0 Å². The van der Waals surface area contributed by atoms with Crippen LogP contribution in [0.5, 0.6) is 5.75 Å². The predicted octanol–water partition coefficient (Wildman–Crippen LogP) is 4.44. The summed E-state index contributed by atoms with van der Waals surface area (Å²) in [6.45, 7) is 0. The average Bonchev–Trinajstić information content (AvgIpc) is 2.95. The fraction of sp³-hybridized carbons (Fsp3) is 0.176. The topological polar surface area (TPSA) is 39.9 Å². The Morgan fingerprint density at radius 2 is 1.83 bits per heavy atom. The summed E-state index contributed by atoms with van der Waals surface area (Å²) in [6.07, 6.45) is 0. The number of aromatic nitrogens is 3. The number of benzene rings is 2. The molecule has 0 saturated carbocycles. The molecule has 0 radical (unpaired) electrons. The van der Waals surface area contributed by atoms with Crippen molar-refractivity contribution in [3.63, 3.8) is 0 Å².